The fourth-order valence-corrected chi connectivity index (χ4v) is 3.50. The molecule has 0 saturated heterocycles. The maximum atomic E-state index is 13.7. The van der Waals surface area contributed by atoms with E-state index in [1.165, 1.54) is 19.1 Å². The predicted octanol–water partition coefficient (Wildman–Crippen LogP) is 3.96. The van der Waals surface area contributed by atoms with E-state index in [0.29, 0.717) is 17.1 Å². The van der Waals surface area contributed by atoms with Gasteiger partial charge in [0.1, 0.15) is 17.5 Å². The van der Waals surface area contributed by atoms with Crippen LogP contribution in [-0.4, -0.2) is 16.1 Å². The van der Waals surface area contributed by atoms with E-state index in [9.17, 15) is 8.78 Å². The molecule has 1 atom stereocenters. The largest absolute Gasteiger partial charge is 0.328 e. The van der Waals surface area contributed by atoms with Crippen LogP contribution in [0.2, 0.25) is 5.15 Å². The zero-order chi connectivity index (χ0) is 16.6. The Balaban J connectivity index is 1.79. The molecule has 23 heavy (non-hydrogen) atoms. The van der Waals surface area contributed by atoms with Crippen LogP contribution in [0.4, 0.5) is 8.78 Å². The molecule has 1 unspecified atom stereocenters. The Morgan fingerprint density at radius 3 is 2.70 bits per heavy atom. The minimum Gasteiger partial charge on any atom is -0.328 e. The van der Waals surface area contributed by atoms with Crippen LogP contribution in [0.5, 0.6) is 0 Å². The van der Waals surface area contributed by atoms with Crippen LogP contribution >= 0.6 is 11.6 Å². The number of aryl methyl sites for hydroxylation is 2. The number of benzene rings is 1. The van der Waals surface area contributed by atoms with E-state index in [-0.39, 0.29) is 11.6 Å². The zero-order valence-corrected chi connectivity index (χ0v) is 14.1. The lowest BCUT2D eigenvalue weighted by molar-refractivity contribution is 0.400. The van der Waals surface area contributed by atoms with E-state index in [4.69, 9.17) is 11.6 Å². The quantitative estimate of drug-likeness (QED) is 0.913. The van der Waals surface area contributed by atoms with Gasteiger partial charge in [0.2, 0.25) is 0 Å². The molecule has 0 aliphatic carbocycles. The smallest absolute Gasteiger partial charge is 0.152 e. The summed E-state index contributed by atoms with van der Waals surface area (Å²) in [5.41, 5.74) is 1.72. The molecule has 124 valence electrons. The van der Waals surface area contributed by atoms with E-state index in [1.54, 1.807) is 0 Å². The topological polar surface area (TPSA) is 29.9 Å². The summed E-state index contributed by atoms with van der Waals surface area (Å²) in [5.74, 6) is 0.00446. The monoisotopic (exact) mass is 339 g/mol. The predicted molar refractivity (Wildman–Crippen MR) is 86.8 cm³/mol. The van der Waals surface area contributed by atoms with Crippen molar-refractivity contribution in [2.24, 2.45) is 0 Å². The van der Waals surface area contributed by atoms with Crippen molar-refractivity contribution < 1.29 is 8.78 Å². The zero-order valence-electron chi connectivity index (χ0n) is 13.3. The van der Waals surface area contributed by atoms with Crippen molar-refractivity contribution in [2.75, 3.05) is 6.54 Å². The number of nitrogens with zero attached hydrogens (tertiary/aromatic N) is 2. The highest BCUT2D eigenvalue weighted by atomic mass is 35.5. The van der Waals surface area contributed by atoms with Crippen LogP contribution in [0.1, 0.15) is 42.0 Å². The van der Waals surface area contributed by atoms with Crippen molar-refractivity contribution in [1.82, 2.24) is 14.9 Å². The molecule has 1 aromatic carbocycles. The number of nitrogens with one attached hydrogen (secondary N) is 1. The SMILES string of the molecule is CCc1nc(Cl)c2n1CCNC2CCc1cc(F)c(C)c(F)c1. The maximum absolute atomic E-state index is 13.7. The lowest BCUT2D eigenvalue weighted by Crippen LogP contribution is -2.34. The highest BCUT2D eigenvalue weighted by Gasteiger charge is 2.26. The van der Waals surface area contributed by atoms with Gasteiger partial charge in [-0.25, -0.2) is 13.8 Å². The molecule has 0 radical (unpaired) electrons. The number of halogens is 3. The molecular weight excluding hydrogens is 320 g/mol. The van der Waals surface area contributed by atoms with Crippen molar-refractivity contribution in [3.8, 4) is 0 Å². The van der Waals surface area contributed by atoms with Crippen LogP contribution in [-0.2, 0) is 19.4 Å². The molecule has 2 heterocycles. The Hall–Kier alpha value is -1.46. The minimum absolute atomic E-state index is 0.0523. The summed E-state index contributed by atoms with van der Waals surface area (Å²) in [6.07, 6.45) is 2.13. The van der Waals surface area contributed by atoms with Gasteiger partial charge >= 0.3 is 0 Å². The molecule has 0 amide bonds. The summed E-state index contributed by atoms with van der Waals surface area (Å²) in [6, 6.07) is 2.88. The lowest BCUT2D eigenvalue weighted by Gasteiger charge is -2.27. The van der Waals surface area contributed by atoms with Crippen LogP contribution in [0.15, 0.2) is 12.1 Å². The van der Waals surface area contributed by atoms with E-state index in [1.807, 2.05) is 0 Å². The van der Waals surface area contributed by atoms with E-state index in [0.717, 1.165) is 37.4 Å². The van der Waals surface area contributed by atoms with Crippen LogP contribution in [0.25, 0.3) is 0 Å². The van der Waals surface area contributed by atoms with Gasteiger partial charge in [-0.1, -0.05) is 18.5 Å². The Kier molecular flexibility index (Phi) is 4.69. The molecule has 0 spiro atoms. The second kappa shape index (κ2) is 6.57. The average Bonchev–Trinajstić information content (AvgIpc) is 2.87. The summed E-state index contributed by atoms with van der Waals surface area (Å²) in [5, 5.41) is 3.96. The second-order valence-electron chi connectivity index (χ2n) is 5.94. The van der Waals surface area contributed by atoms with Crippen LogP contribution < -0.4 is 5.32 Å². The van der Waals surface area contributed by atoms with Crippen molar-refractivity contribution >= 4 is 11.6 Å². The standard InChI is InChI=1S/C17H20ClF2N3/c1-3-15-22-17(18)16-14(21-6-7-23(15)16)5-4-11-8-12(19)10(2)13(20)9-11/h8-9,14,21H,3-7H2,1-2H3. The van der Waals surface area contributed by atoms with Gasteiger partial charge in [-0.2, -0.15) is 0 Å². The second-order valence-corrected chi connectivity index (χ2v) is 6.30. The molecular formula is C17H20ClF2N3. The molecule has 1 aromatic heterocycles. The van der Waals surface area contributed by atoms with Gasteiger partial charge in [0.25, 0.3) is 0 Å². The number of rotatable bonds is 4. The molecule has 0 fully saturated rings. The molecule has 6 heteroatoms. The first-order chi connectivity index (χ1) is 11.0. The first kappa shape index (κ1) is 16.4. The highest BCUT2D eigenvalue weighted by molar-refractivity contribution is 6.30. The fraction of sp³-hybridized carbons (Fsp3) is 0.471. The Bertz CT molecular complexity index is 704. The maximum Gasteiger partial charge on any atom is 0.152 e. The molecule has 3 nitrogen and oxygen atoms in total. The van der Waals surface area contributed by atoms with Gasteiger partial charge in [0.05, 0.1) is 11.7 Å². The first-order valence-electron chi connectivity index (χ1n) is 7.94. The van der Waals surface area contributed by atoms with Crippen LogP contribution in [0.3, 0.4) is 0 Å². The van der Waals surface area contributed by atoms with E-state index >= 15 is 0 Å². The Labute approximate surface area is 139 Å². The molecule has 0 bridgehead atoms. The third kappa shape index (κ3) is 3.12. The van der Waals surface area contributed by atoms with Crippen molar-refractivity contribution in [3.05, 3.63) is 51.6 Å². The van der Waals surface area contributed by atoms with Crippen molar-refractivity contribution in [3.63, 3.8) is 0 Å². The Morgan fingerprint density at radius 2 is 2.04 bits per heavy atom. The van der Waals surface area contributed by atoms with Gasteiger partial charge in [-0.05, 0) is 37.5 Å². The number of hydrogen-bond acceptors (Lipinski definition) is 2. The molecule has 1 N–H and O–H groups in total. The Morgan fingerprint density at radius 1 is 1.35 bits per heavy atom. The number of imidazole rings is 1. The molecule has 1 aliphatic heterocycles. The number of aromatic nitrogens is 2. The number of fused-ring (bicyclic) bond motifs is 1. The van der Waals surface area contributed by atoms with Crippen LogP contribution in [0, 0.1) is 18.6 Å². The molecule has 3 rings (SSSR count). The van der Waals surface area contributed by atoms with Gasteiger partial charge in [-0.3, -0.25) is 0 Å². The summed E-state index contributed by atoms with van der Waals surface area (Å²) in [4.78, 5) is 4.42. The van der Waals surface area contributed by atoms with E-state index in [2.05, 4.69) is 21.8 Å². The molecule has 0 saturated carbocycles. The van der Waals surface area contributed by atoms with Crippen molar-refractivity contribution in [2.45, 2.75) is 45.7 Å². The first-order valence-corrected chi connectivity index (χ1v) is 8.31. The third-order valence-corrected chi connectivity index (χ3v) is 4.75. The summed E-state index contributed by atoms with van der Waals surface area (Å²) in [7, 11) is 0. The summed E-state index contributed by atoms with van der Waals surface area (Å²) in [6.45, 7) is 5.19. The third-order valence-electron chi connectivity index (χ3n) is 4.48. The van der Waals surface area contributed by atoms with E-state index < -0.39 is 11.6 Å². The fourth-order valence-electron chi connectivity index (χ4n) is 3.17. The van der Waals surface area contributed by atoms with Gasteiger partial charge in [0.15, 0.2) is 5.15 Å². The molecule has 1 aliphatic rings. The normalized spacial score (nSPS) is 17.3. The van der Waals surface area contributed by atoms with Gasteiger partial charge in [0, 0.05) is 25.1 Å². The molecule has 2 aromatic rings. The van der Waals surface area contributed by atoms with Gasteiger partial charge < -0.3 is 9.88 Å². The number of hydrogen-bond donors (Lipinski definition) is 1. The summed E-state index contributed by atoms with van der Waals surface area (Å²) < 4.78 is 29.5. The highest BCUT2D eigenvalue weighted by Crippen LogP contribution is 2.30. The average molecular weight is 340 g/mol. The minimum atomic E-state index is -0.493. The summed E-state index contributed by atoms with van der Waals surface area (Å²) >= 11 is 6.30. The van der Waals surface area contributed by atoms with Crippen molar-refractivity contribution in [1.29, 1.82) is 0 Å². The van der Waals surface area contributed by atoms with Gasteiger partial charge in [-0.15, -0.1) is 0 Å². The lowest BCUT2D eigenvalue weighted by atomic mass is 10.0.